The van der Waals surface area contributed by atoms with Gasteiger partial charge < -0.3 is 9.64 Å². The minimum atomic E-state index is 0.129. The van der Waals surface area contributed by atoms with Crippen molar-refractivity contribution in [1.82, 2.24) is 14.9 Å². The lowest BCUT2D eigenvalue weighted by Crippen LogP contribution is -2.40. The Kier molecular flexibility index (Phi) is 5.95. The van der Waals surface area contributed by atoms with Crippen LogP contribution in [0.2, 0.25) is 0 Å². The summed E-state index contributed by atoms with van der Waals surface area (Å²) in [6.45, 7) is 8.91. The molecule has 4 rings (SSSR count). The van der Waals surface area contributed by atoms with E-state index in [0.717, 1.165) is 60.1 Å². The van der Waals surface area contributed by atoms with Gasteiger partial charge in [0.25, 0.3) is 5.91 Å². The second-order valence-corrected chi connectivity index (χ2v) is 8.69. The Balaban J connectivity index is 1.50. The van der Waals surface area contributed by atoms with Gasteiger partial charge >= 0.3 is 0 Å². The van der Waals surface area contributed by atoms with Gasteiger partial charge in [0.1, 0.15) is 5.82 Å². The maximum atomic E-state index is 13.2. The van der Waals surface area contributed by atoms with Crippen molar-refractivity contribution in [3.8, 4) is 0 Å². The summed E-state index contributed by atoms with van der Waals surface area (Å²) in [5.74, 6) is 1.89. The zero-order valence-corrected chi connectivity index (χ0v) is 17.8. The van der Waals surface area contributed by atoms with Gasteiger partial charge in [0, 0.05) is 42.9 Å². The van der Waals surface area contributed by atoms with Crippen molar-refractivity contribution >= 4 is 5.91 Å². The van der Waals surface area contributed by atoms with Crippen LogP contribution in [0.1, 0.15) is 70.2 Å². The molecule has 1 amide bonds. The molecule has 154 valence electrons. The number of aryl methyl sites for hydroxylation is 3. The van der Waals surface area contributed by atoms with Crippen LogP contribution in [0.5, 0.6) is 0 Å². The first-order valence-electron chi connectivity index (χ1n) is 10.8. The number of nitrogens with zero attached hydrogens (tertiary/aromatic N) is 3. The van der Waals surface area contributed by atoms with Crippen molar-refractivity contribution < 1.29 is 9.53 Å². The maximum absolute atomic E-state index is 13.2. The second kappa shape index (κ2) is 8.62. The summed E-state index contributed by atoms with van der Waals surface area (Å²) in [6, 6.07) is 6.06. The number of likely N-dealkylation sites (tertiary alicyclic amines) is 1. The van der Waals surface area contributed by atoms with Crippen LogP contribution in [0.3, 0.4) is 0 Å². The third kappa shape index (κ3) is 4.84. The molecule has 2 aliphatic rings. The normalized spacial score (nSPS) is 19.4. The number of carbonyl (C=O) groups is 1. The smallest absolute Gasteiger partial charge is 0.254 e. The SMILES string of the molecule is Cc1ccc(C(=O)N2CCCC(c3nc(C)ncc3COCC3CC3)C2)c(C)c1. The van der Waals surface area contributed by atoms with E-state index < -0.39 is 0 Å². The van der Waals surface area contributed by atoms with Gasteiger partial charge in [-0.2, -0.15) is 0 Å². The van der Waals surface area contributed by atoms with E-state index in [1.807, 2.05) is 37.1 Å². The molecular weight excluding hydrogens is 362 g/mol. The fourth-order valence-corrected chi connectivity index (χ4v) is 4.21. The van der Waals surface area contributed by atoms with E-state index in [4.69, 9.17) is 9.72 Å². The summed E-state index contributed by atoms with van der Waals surface area (Å²) in [7, 11) is 0. The molecule has 5 nitrogen and oxygen atoms in total. The van der Waals surface area contributed by atoms with Gasteiger partial charge in [0.05, 0.1) is 12.3 Å². The largest absolute Gasteiger partial charge is 0.376 e. The molecule has 0 radical (unpaired) electrons. The van der Waals surface area contributed by atoms with Gasteiger partial charge in [0.15, 0.2) is 0 Å². The lowest BCUT2D eigenvalue weighted by molar-refractivity contribution is 0.0702. The summed E-state index contributed by atoms with van der Waals surface area (Å²) in [5.41, 5.74) is 5.17. The average Bonchev–Trinajstić information content (AvgIpc) is 3.53. The molecule has 2 fully saturated rings. The van der Waals surface area contributed by atoms with Crippen LogP contribution >= 0.6 is 0 Å². The Bertz CT molecular complexity index is 892. The number of piperidine rings is 1. The van der Waals surface area contributed by atoms with Gasteiger partial charge in [-0.3, -0.25) is 4.79 Å². The standard InChI is InChI=1S/C24H31N3O2/c1-16-6-9-22(17(2)11-16)24(28)27-10-4-5-20(13-27)23-21(12-25-18(3)26-23)15-29-14-19-7-8-19/h6,9,11-12,19-20H,4-5,7-8,10,13-15H2,1-3H3. The Hall–Kier alpha value is -2.27. The van der Waals surface area contributed by atoms with Crippen molar-refractivity contribution in [3.05, 3.63) is 58.2 Å². The molecule has 0 spiro atoms. The van der Waals surface area contributed by atoms with Crippen LogP contribution in [0.4, 0.5) is 0 Å². The fraction of sp³-hybridized carbons (Fsp3) is 0.542. The number of amides is 1. The summed E-state index contributed by atoms with van der Waals surface area (Å²) < 4.78 is 5.92. The molecule has 2 aromatic rings. The Morgan fingerprint density at radius 2 is 2.03 bits per heavy atom. The first-order valence-corrected chi connectivity index (χ1v) is 10.8. The molecule has 2 heterocycles. The third-order valence-electron chi connectivity index (χ3n) is 6.03. The Morgan fingerprint density at radius 3 is 2.79 bits per heavy atom. The molecule has 1 unspecified atom stereocenters. The minimum Gasteiger partial charge on any atom is -0.376 e. The molecule has 1 aliphatic carbocycles. The van der Waals surface area contributed by atoms with Crippen molar-refractivity contribution in [2.24, 2.45) is 5.92 Å². The molecule has 1 aromatic carbocycles. The Morgan fingerprint density at radius 1 is 1.21 bits per heavy atom. The van der Waals surface area contributed by atoms with Crippen LogP contribution < -0.4 is 0 Å². The number of benzene rings is 1. The highest BCUT2D eigenvalue weighted by Crippen LogP contribution is 2.31. The second-order valence-electron chi connectivity index (χ2n) is 8.69. The van der Waals surface area contributed by atoms with Gasteiger partial charge in [-0.15, -0.1) is 0 Å². The highest BCUT2D eigenvalue weighted by Gasteiger charge is 2.29. The van der Waals surface area contributed by atoms with E-state index in [1.165, 1.54) is 18.4 Å². The topological polar surface area (TPSA) is 55.3 Å². The molecule has 1 aliphatic heterocycles. The van der Waals surface area contributed by atoms with E-state index in [9.17, 15) is 4.79 Å². The van der Waals surface area contributed by atoms with E-state index in [2.05, 4.69) is 18.0 Å². The summed E-state index contributed by atoms with van der Waals surface area (Å²) in [4.78, 5) is 24.4. The third-order valence-corrected chi connectivity index (χ3v) is 6.03. The monoisotopic (exact) mass is 393 g/mol. The van der Waals surface area contributed by atoms with Crippen LogP contribution in [0.15, 0.2) is 24.4 Å². The number of rotatable bonds is 6. The van der Waals surface area contributed by atoms with Crippen LogP contribution in [-0.4, -0.2) is 40.5 Å². The van der Waals surface area contributed by atoms with Crippen molar-refractivity contribution in [3.63, 3.8) is 0 Å². The Labute approximate surface area is 173 Å². The first-order chi connectivity index (χ1) is 14.0. The van der Waals surface area contributed by atoms with E-state index >= 15 is 0 Å². The first kappa shape index (κ1) is 20.0. The molecule has 29 heavy (non-hydrogen) atoms. The molecule has 5 heteroatoms. The number of aromatic nitrogens is 2. The van der Waals surface area contributed by atoms with Crippen LogP contribution in [-0.2, 0) is 11.3 Å². The minimum absolute atomic E-state index is 0.129. The van der Waals surface area contributed by atoms with Gasteiger partial charge in [-0.05, 0) is 64.0 Å². The van der Waals surface area contributed by atoms with Gasteiger partial charge in [0.2, 0.25) is 0 Å². The average molecular weight is 394 g/mol. The molecule has 1 saturated carbocycles. The highest BCUT2D eigenvalue weighted by molar-refractivity contribution is 5.95. The predicted octanol–water partition coefficient (Wildman–Crippen LogP) is 4.35. The summed E-state index contributed by atoms with van der Waals surface area (Å²) in [5, 5.41) is 0. The summed E-state index contributed by atoms with van der Waals surface area (Å²) >= 11 is 0. The lowest BCUT2D eigenvalue weighted by atomic mass is 9.91. The zero-order chi connectivity index (χ0) is 20.4. The van der Waals surface area contributed by atoms with Gasteiger partial charge in [-0.1, -0.05) is 17.7 Å². The fourth-order valence-electron chi connectivity index (χ4n) is 4.21. The number of hydrogen-bond donors (Lipinski definition) is 0. The predicted molar refractivity (Wildman–Crippen MR) is 113 cm³/mol. The van der Waals surface area contributed by atoms with Crippen molar-refractivity contribution in [1.29, 1.82) is 0 Å². The van der Waals surface area contributed by atoms with Crippen molar-refractivity contribution in [2.75, 3.05) is 19.7 Å². The molecule has 0 N–H and O–H groups in total. The van der Waals surface area contributed by atoms with Crippen molar-refractivity contribution in [2.45, 2.75) is 59.0 Å². The molecule has 1 aromatic heterocycles. The molecule has 0 bridgehead atoms. The lowest BCUT2D eigenvalue weighted by Gasteiger charge is -2.33. The van der Waals surface area contributed by atoms with Crippen LogP contribution in [0, 0.1) is 26.7 Å². The molecular formula is C24H31N3O2. The number of hydrogen-bond acceptors (Lipinski definition) is 4. The van der Waals surface area contributed by atoms with E-state index in [-0.39, 0.29) is 11.8 Å². The van der Waals surface area contributed by atoms with E-state index in [1.54, 1.807) is 0 Å². The summed E-state index contributed by atoms with van der Waals surface area (Å²) in [6.07, 6.45) is 6.52. The molecule has 1 atom stereocenters. The highest BCUT2D eigenvalue weighted by atomic mass is 16.5. The quantitative estimate of drug-likeness (QED) is 0.732. The molecule has 1 saturated heterocycles. The number of carbonyl (C=O) groups excluding carboxylic acids is 1. The number of ether oxygens (including phenoxy) is 1. The maximum Gasteiger partial charge on any atom is 0.254 e. The van der Waals surface area contributed by atoms with Gasteiger partial charge in [-0.25, -0.2) is 9.97 Å². The van der Waals surface area contributed by atoms with Crippen LogP contribution in [0.25, 0.3) is 0 Å². The van der Waals surface area contributed by atoms with E-state index in [0.29, 0.717) is 13.2 Å². The zero-order valence-electron chi connectivity index (χ0n) is 17.8.